The molecule has 0 bridgehead atoms. The number of imide groups is 1. The van der Waals surface area contributed by atoms with Crippen LogP contribution in [0.3, 0.4) is 0 Å². The number of methoxy groups -OCH3 is 1. The summed E-state index contributed by atoms with van der Waals surface area (Å²) in [5, 5.41) is 14.1. The molecule has 33 heavy (non-hydrogen) atoms. The molecule has 0 radical (unpaired) electrons. The van der Waals surface area contributed by atoms with Crippen LogP contribution in [0.4, 0.5) is 5.69 Å². The molecule has 0 spiro atoms. The van der Waals surface area contributed by atoms with Crippen LogP contribution < -0.4 is 9.64 Å². The van der Waals surface area contributed by atoms with Crippen LogP contribution in [0.1, 0.15) is 31.8 Å². The standard InChI is InChI=1S/C25H25N3O4S/c1-32-19-5-6-22(29)18(13-19)15-26-8-10-27(11-9-26)21-4-2-3-20-23(21)25(31)28(24(20)30)14-17-7-12-33-16-17/h2-7,12-13,16,29H,8-11,14-15H2,1H3. The van der Waals surface area contributed by atoms with E-state index in [0.29, 0.717) is 24.2 Å². The zero-order valence-electron chi connectivity index (χ0n) is 18.4. The number of nitrogens with zero attached hydrogens (tertiary/aromatic N) is 3. The Morgan fingerprint density at radius 1 is 1.00 bits per heavy atom. The van der Waals surface area contributed by atoms with Crippen molar-refractivity contribution in [3.8, 4) is 11.5 Å². The summed E-state index contributed by atoms with van der Waals surface area (Å²) in [5.74, 6) is 0.529. The van der Waals surface area contributed by atoms with Crippen molar-refractivity contribution in [3.05, 3.63) is 75.5 Å². The first-order valence-corrected chi connectivity index (χ1v) is 11.8. The predicted molar refractivity (Wildman–Crippen MR) is 127 cm³/mol. The monoisotopic (exact) mass is 463 g/mol. The molecule has 0 aliphatic carbocycles. The van der Waals surface area contributed by atoms with Crippen LogP contribution in [0.2, 0.25) is 0 Å². The highest BCUT2D eigenvalue weighted by molar-refractivity contribution is 7.07. The molecule has 0 unspecified atom stereocenters. The summed E-state index contributed by atoms with van der Waals surface area (Å²) in [5.41, 5.74) is 3.61. The lowest BCUT2D eigenvalue weighted by Crippen LogP contribution is -2.46. The predicted octanol–water partition coefficient (Wildman–Crippen LogP) is 3.58. The van der Waals surface area contributed by atoms with E-state index in [-0.39, 0.29) is 17.6 Å². The third-order valence-electron chi connectivity index (χ3n) is 6.29. The van der Waals surface area contributed by atoms with Crippen LogP contribution in [0.5, 0.6) is 11.5 Å². The van der Waals surface area contributed by atoms with Crippen LogP contribution in [0.15, 0.2) is 53.2 Å². The number of hydrogen-bond acceptors (Lipinski definition) is 7. The Hall–Kier alpha value is -3.36. The van der Waals surface area contributed by atoms with Gasteiger partial charge in [-0.15, -0.1) is 0 Å². The fourth-order valence-electron chi connectivity index (χ4n) is 4.49. The number of aromatic hydroxyl groups is 1. The Balaban J connectivity index is 1.30. The second-order valence-electron chi connectivity index (χ2n) is 8.29. The number of thiophene rings is 1. The summed E-state index contributed by atoms with van der Waals surface area (Å²) in [4.78, 5) is 32.0. The van der Waals surface area contributed by atoms with E-state index in [1.54, 1.807) is 36.6 Å². The number of rotatable bonds is 6. The Morgan fingerprint density at radius 2 is 1.82 bits per heavy atom. The van der Waals surface area contributed by atoms with Crippen molar-refractivity contribution in [2.75, 3.05) is 38.2 Å². The molecule has 2 aliphatic rings. The van der Waals surface area contributed by atoms with Gasteiger partial charge in [-0.2, -0.15) is 11.3 Å². The number of phenolic OH excluding ortho intramolecular Hbond substituents is 1. The molecule has 2 aliphatic heterocycles. The van der Waals surface area contributed by atoms with E-state index < -0.39 is 0 Å². The van der Waals surface area contributed by atoms with Gasteiger partial charge in [0.2, 0.25) is 0 Å². The van der Waals surface area contributed by atoms with Gasteiger partial charge in [-0.3, -0.25) is 19.4 Å². The van der Waals surface area contributed by atoms with Crippen molar-refractivity contribution in [3.63, 3.8) is 0 Å². The van der Waals surface area contributed by atoms with E-state index in [1.165, 1.54) is 4.90 Å². The van der Waals surface area contributed by atoms with Gasteiger partial charge in [-0.25, -0.2) is 0 Å². The number of fused-ring (bicyclic) bond motifs is 1. The summed E-state index contributed by atoms with van der Waals surface area (Å²) in [6.45, 7) is 3.94. The maximum Gasteiger partial charge on any atom is 0.263 e. The quantitative estimate of drug-likeness (QED) is 0.564. The van der Waals surface area contributed by atoms with Gasteiger partial charge < -0.3 is 14.7 Å². The molecule has 1 N–H and O–H groups in total. The maximum absolute atomic E-state index is 13.2. The summed E-state index contributed by atoms with van der Waals surface area (Å²) in [6, 6.07) is 12.7. The second kappa shape index (κ2) is 8.88. The normalized spacial score (nSPS) is 16.4. The molecule has 5 rings (SSSR count). The highest BCUT2D eigenvalue weighted by Gasteiger charge is 2.38. The minimum absolute atomic E-state index is 0.222. The Bertz CT molecular complexity index is 1190. The zero-order valence-corrected chi connectivity index (χ0v) is 19.2. The minimum atomic E-state index is -0.227. The molecule has 0 saturated carbocycles. The zero-order chi connectivity index (χ0) is 22.9. The molecule has 2 amide bonds. The van der Waals surface area contributed by atoms with Gasteiger partial charge in [0.1, 0.15) is 11.5 Å². The highest BCUT2D eigenvalue weighted by Crippen LogP contribution is 2.33. The van der Waals surface area contributed by atoms with Gasteiger partial charge in [-0.05, 0) is 52.7 Å². The van der Waals surface area contributed by atoms with Crippen LogP contribution >= 0.6 is 11.3 Å². The largest absolute Gasteiger partial charge is 0.508 e. The van der Waals surface area contributed by atoms with E-state index in [4.69, 9.17) is 4.74 Å². The van der Waals surface area contributed by atoms with Crippen LogP contribution in [0, 0.1) is 0 Å². The molecule has 2 aromatic carbocycles. The van der Waals surface area contributed by atoms with Crippen LogP contribution in [-0.4, -0.2) is 60.0 Å². The number of anilines is 1. The summed E-state index contributed by atoms with van der Waals surface area (Å²) in [6.07, 6.45) is 0. The Morgan fingerprint density at radius 3 is 2.55 bits per heavy atom. The first kappa shape index (κ1) is 21.5. The number of piperazine rings is 1. The lowest BCUT2D eigenvalue weighted by molar-refractivity contribution is 0.0642. The number of benzene rings is 2. The number of carbonyl (C=O) groups excluding carboxylic acids is 2. The van der Waals surface area contributed by atoms with Gasteiger partial charge in [0.25, 0.3) is 11.8 Å². The molecule has 1 aromatic heterocycles. The minimum Gasteiger partial charge on any atom is -0.508 e. The van der Waals surface area contributed by atoms with Gasteiger partial charge in [0, 0.05) is 38.3 Å². The van der Waals surface area contributed by atoms with E-state index in [2.05, 4.69) is 9.80 Å². The highest BCUT2D eigenvalue weighted by atomic mass is 32.1. The van der Waals surface area contributed by atoms with Crippen molar-refractivity contribution in [2.24, 2.45) is 0 Å². The van der Waals surface area contributed by atoms with E-state index in [1.807, 2.05) is 35.0 Å². The maximum atomic E-state index is 13.2. The molecule has 8 heteroatoms. The van der Waals surface area contributed by atoms with Gasteiger partial charge >= 0.3 is 0 Å². The van der Waals surface area contributed by atoms with Crippen molar-refractivity contribution < 1.29 is 19.4 Å². The number of hydrogen-bond donors (Lipinski definition) is 1. The van der Waals surface area contributed by atoms with E-state index in [9.17, 15) is 14.7 Å². The smallest absolute Gasteiger partial charge is 0.263 e. The fourth-order valence-corrected chi connectivity index (χ4v) is 5.15. The lowest BCUT2D eigenvalue weighted by Gasteiger charge is -2.36. The molecule has 3 heterocycles. The molecule has 0 atom stereocenters. The molecule has 3 aromatic rings. The van der Waals surface area contributed by atoms with Crippen molar-refractivity contribution in [2.45, 2.75) is 13.1 Å². The van der Waals surface area contributed by atoms with Crippen molar-refractivity contribution in [1.82, 2.24) is 9.80 Å². The molecular weight excluding hydrogens is 438 g/mol. The number of amides is 2. The topological polar surface area (TPSA) is 73.3 Å². The van der Waals surface area contributed by atoms with Crippen LogP contribution in [0.25, 0.3) is 0 Å². The molecule has 1 saturated heterocycles. The van der Waals surface area contributed by atoms with Gasteiger partial charge in [-0.1, -0.05) is 6.07 Å². The molecule has 7 nitrogen and oxygen atoms in total. The fraction of sp³-hybridized carbons (Fsp3) is 0.280. The third-order valence-corrected chi connectivity index (χ3v) is 7.02. The number of phenols is 1. The van der Waals surface area contributed by atoms with E-state index >= 15 is 0 Å². The van der Waals surface area contributed by atoms with Crippen molar-refractivity contribution in [1.29, 1.82) is 0 Å². The molecule has 170 valence electrons. The summed E-state index contributed by atoms with van der Waals surface area (Å²) >= 11 is 1.55. The average Bonchev–Trinajstić information content (AvgIpc) is 3.44. The van der Waals surface area contributed by atoms with Crippen molar-refractivity contribution >= 4 is 28.8 Å². The first-order chi connectivity index (χ1) is 16.0. The lowest BCUT2D eigenvalue weighted by atomic mass is 10.1. The third kappa shape index (κ3) is 4.07. The first-order valence-electron chi connectivity index (χ1n) is 10.9. The molecular formula is C25H25N3O4S. The van der Waals surface area contributed by atoms with Gasteiger partial charge in [0.05, 0.1) is 30.5 Å². The van der Waals surface area contributed by atoms with Crippen LogP contribution in [-0.2, 0) is 13.1 Å². The molecule has 1 fully saturated rings. The van der Waals surface area contributed by atoms with E-state index in [0.717, 1.165) is 48.7 Å². The van der Waals surface area contributed by atoms with Gasteiger partial charge in [0.15, 0.2) is 0 Å². The summed E-state index contributed by atoms with van der Waals surface area (Å²) in [7, 11) is 1.61. The second-order valence-corrected chi connectivity index (χ2v) is 9.07. The SMILES string of the molecule is COc1ccc(O)c(CN2CCN(c3cccc4c3C(=O)N(Cc3ccsc3)C4=O)CC2)c1. The average molecular weight is 464 g/mol. The Labute approximate surface area is 196 Å². The number of carbonyl (C=O) groups is 2. The number of ether oxygens (including phenoxy) is 1. The summed E-state index contributed by atoms with van der Waals surface area (Å²) < 4.78 is 5.28. The Kier molecular flexibility index (Phi) is 5.78.